The highest BCUT2D eigenvalue weighted by atomic mass is 16.5. The zero-order valence-electron chi connectivity index (χ0n) is 10.3. The molecule has 0 bridgehead atoms. The second-order valence-corrected chi connectivity index (χ2v) is 4.07. The molecule has 104 valence electrons. The van der Waals surface area contributed by atoms with Crippen LogP contribution in [0.25, 0.3) is 0 Å². The van der Waals surface area contributed by atoms with Crippen LogP contribution in [0, 0.1) is 0 Å². The van der Waals surface area contributed by atoms with E-state index in [1.165, 1.54) is 7.11 Å². The molecular formula is C11H24O6. The Morgan fingerprint density at radius 3 is 2.06 bits per heavy atom. The summed E-state index contributed by atoms with van der Waals surface area (Å²) in [6.07, 6.45) is -0.435. The Bertz CT molecular complexity index is 166. The molecule has 6 nitrogen and oxygen atoms in total. The molecule has 0 saturated carbocycles. The van der Waals surface area contributed by atoms with E-state index >= 15 is 0 Å². The van der Waals surface area contributed by atoms with Gasteiger partial charge in [-0.05, 0) is 19.3 Å². The van der Waals surface area contributed by atoms with Gasteiger partial charge in [0.15, 0.2) is 0 Å². The number of ether oxygens (including phenoxy) is 2. The number of methoxy groups -OCH3 is 1. The summed E-state index contributed by atoms with van der Waals surface area (Å²) in [4.78, 5) is 0. The Hall–Kier alpha value is -0.240. The van der Waals surface area contributed by atoms with Crippen LogP contribution in [0.1, 0.15) is 19.3 Å². The summed E-state index contributed by atoms with van der Waals surface area (Å²) in [6.45, 7) is 0.231. The summed E-state index contributed by atoms with van der Waals surface area (Å²) >= 11 is 0. The van der Waals surface area contributed by atoms with Crippen molar-refractivity contribution in [2.24, 2.45) is 0 Å². The lowest BCUT2D eigenvalue weighted by atomic mass is 10.1. The van der Waals surface area contributed by atoms with Crippen molar-refractivity contribution in [2.75, 3.05) is 33.5 Å². The first-order chi connectivity index (χ1) is 8.10. The van der Waals surface area contributed by atoms with Crippen molar-refractivity contribution >= 4 is 0 Å². The van der Waals surface area contributed by atoms with Gasteiger partial charge in [-0.3, -0.25) is 0 Å². The van der Waals surface area contributed by atoms with E-state index in [0.717, 1.165) is 0 Å². The molecule has 3 atom stereocenters. The van der Waals surface area contributed by atoms with Crippen LogP contribution in [0.3, 0.4) is 0 Å². The number of rotatable bonds is 11. The molecule has 0 aliphatic heterocycles. The zero-order chi connectivity index (χ0) is 13.1. The zero-order valence-corrected chi connectivity index (χ0v) is 10.3. The molecule has 0 amide bonds. The Labute approximate surface area is 102 Å². The number of aliphatic hydroxyl groups excluding tert-OH is 4. The molecule has 0 aromatic heterocycles. The number of aliphatic hydroxyl groups is 4. The summed E-state index contributed by atoms with van der Waals surface area (Å²) < 4.78 is 9.82. The minimum Gasteiger partial charge on any atom is -0.394 e. The third kappa shape index (κ3) is 10.6. The van der Waals surface area contributed by atoms with E-state index < -0.39 is 18.3 Å². The maximum absolute atomic E-state index is 9.50. The topological polar surface area (TPSA) is 99.4 Å². The minimum atomic E-state index is -0.716. The van der Waals surface area contributed by atoms with Crippen LogP contribution in [-0.4, -0.2) is 72.3 Å². The molecule has 0 fully saturated rings. The van der Waals surface area contributed by atoms with E-state index in [9.17, 15) is 10.2 Å². The molecule has 0 radical (unpaired) electrons. The highest BCUT2D eigenvalue weighted by Crippen LogP contribution is 2.04. The quantitative estimate of drug-likeness (QED) is 0.372. The van der Waals surface area contributed by atoms with Crippen LogP contribution in [0.4, 0.5) is 0 Å². The maximum Gasteiger partial charge on any atom is 0.101 e. The standard InChI is InChI=1S/C11H24O6/c1-16-6-11(15)8-17-7-10(14)4-2-3-9(13)5-12/h9-15H,2-8H2,1H3. The first-order valence-electron chi connectivity index (χ1n) is 5.81. The van der Waals surface area contributed by atoms with Crippen molar-refractivity contribution in [1.82, 2.24) is 0 Å². The molecular weight excluding hydrogens is 228 g/mol. The molecule has 3 unspecified atom stereocenters. The van der Waals surface area contributed by atoms with Crippen molar-refractivity contribution in [1.29, 1.82) is 0 Å². The van der Waals surface area contributed by atoms with Crippen LogP contribution in [0.15, 0.2) is 0 Å². The van der Waals surface area contributed by atoms with Gasteiger partial charge in [-0.15, -0.1) is 0 Å². The van der Waals surface area contributed by atoms with E-state index in [1.54, 1.807) is 0 Å². The van der Waals surface area contributed by atoms with Crippen molar-refractivity contribution in [3.63, 3.8) is 0 Å². The van der Waals surface area contributed by atoms with Crippen molar-refractivity contribution in [3.8, 4) is 0 Å². The second-order valence-electron chi connectivity index (χ2n) is 4.07. The Morgan fingerprint density at radius 1 is 0.882 bits per heavy atom. The van der Waals surface area contributed by atoms with Gasteiger partial charge in [0.25, 0.3) is 0 Å². The minimum absolute atomic E-state index is 0.129. The average molecular weight is 252 g/mol. The maximum atomic E-state index is 9.50. The van der Waals surface area contributed by atoms with Crippen LogP contribution in [0.2, 0.25) is 0 Å². The van der Waals surface area contributed by atoms with Gasteiger partial charge in [0, 0.05) is 7.11 Å². The summed E-state index contributed by atoms with van der Waals surface area (Å²) in [5.74, 6) is 0. The van der Waals surface area contributed by atoms with E-state index in [4.69, 9.17) is 19.7 Å². The highest BCUT2D eigenvalue weighted by Gasteiger charge is 2.09. The van der Waals surface area contributed by atoms with Crippen LogP contribution in [-0.2, 0) is 9.47 Å². The average Bonchev–Trinajstić information content (AvgIpc) is 2.29. The summed E-state index contributed by atoms with van der Waals surface area (Å²) in [5, 5.41) is 36.4. The molecule has 0 spiro atoms. The van der Waals surface area contributed by atoms with Gasteiger partial charge < -0.3 is 29.9 Å². The fourth-order valence-corrected chi connectivity index (χ4v) is 1.34. The number of hydrogen-bond donors (Lipinski definition) is 4. The SMILES string of the molecule is COCC(O)COCC(O)CCCC(O)CO. The van der Waals surface area contributed by atoms with Crippen molar-refractivity contribution in [2.45, 2.75) is 37.6 Å². The lowest BCUT2D eigenvalue weighted by Gasteiger charge is -2.14. The van der Waals surface area contributed by atoms with Gasteiger partial charge in [-0.25, -0.2) is 0 Å². The van der Waals surface area contributed by atoms with Crippen LogP contribution in [0.5, 0.6) is 0 Å². The third-order valence-electron chi connectivity index (χ3n) is 2.26. The molecule has 0 rings (SSSR count). The fraction of sp³-hybridized carbons (Fsp3) is 1.00. The first kappa shape index (κ1) is 16.8. The number of hydrogen-bond acceptors (Lipinski definition) is 6. The van der Waals surface area contributed by atoms with Gasteiger partial charge in [-0.1, -0.05) is 0 Å². The van der Waals surface area contributed by atoms with Crippen molar-refractivity contribution in [3.05, 3.63) is 0 Å². The van der Waals surface area contributed by atoms with Crippen molar-refractivity contribution < 1.29 is 29.9 Å². The van der Waals surface area contributed by atoms with Gasteiger partial charge in [0.2, 0.25) is 0 Å². The lowest BCUT2D eigenvalue weighted by molar-refractivity contribution is -0.0336. The Morgan fingerprint density at radius 2 is 1.47 bits per heavy atom. The van der Waals surface area contributed by atoms with E-state index in [2.05, 4.69) is 0 Å². The normalized spacial score (nSPS) is 16.8. The van der Waals surface area contributed by atoms with Crippen LogP contribution < -0.4 is 0 Å². The lowest BCUT2D eigenvalue weighted by Crippen LogP contribution is -2.24. The van der Waals surface area contributed by atoms with Crippen LogP contribution >= 0.6 is 0 Å². The first-order valence-corrected chi connectivity index (χ1v) is 5.81. The molecule has 0 saturated heterocycles. The Kier molecular flexibility index (Phi) is 10.7. The molecule has 0 heterocycles. The fourth-order valence-electron chi connectivity index (χ4n) is 1.34. The predicted octanol–water partition coefficient (Wildman–Crippen LogP) is -1.11. The molecule has 0 aromatic carbocycles. The monoisotopic (exact) mass is 252 g/mol. The third-order valence-corrected chi connectivity index (χ3v) is 2.26. The molecule has 0 aliphatic rings. The van der Waals surface area contributed by atoms with E-state index in [1.807, 2.05) is 0 Å². The van der Waals surface area contributed by atoms with Gasteiger partial charge in [-0.2, -0.15) is 0 Å². The summed E-state index contributed by atoms with van der Waals surface area (Å²) in [7, 11) is 1.49. The molecule has 17 heavy (non-hydrogen) atoms. The summed E-state index contributed by atoms with van der Waals surface area (Å²) in [6, 6.07) is 0. The van der Waals surface area contributed by atoms with E-state index in [-0.39, 0.29) is 26.4 Å². The molecule has 6 heteroatoms. The molecule has 4 N–H and O–H groups in total. The summed E-state index contributed by atoms with van der Waals surface area (Å²) in [5.41, 5.74) is 0. The second kappa shape index (κ2) is 10.9. The van der Waals surface area contributed by atoms with Gasteiger partial charge in [0.1, 0.15) is 6.10 Å². The highest BCUT2D eigenvalue weighted by molar-refractivity contribution is 4.59. The predicted molar refractivity (Wildman–Crippen MR) is 61.7 cm³/mol. The smallest absolute Gasteiger partial charge is 0.101 e. The van der Waals surface area contributed by atoms with Gasteiger partial charge >= 0.3 is 0 Å². The molecule has 0 aromatic rings. The Balaban J connectivity index is 3.37. The van der Waals surface area contributed by atoms with E-state index in [0.29, 0.717) is 19.3 Å². The molecule has 0 aliphatic carbocycles. The van der Waals surface area contributed by atoms with Gasteiger partial charge in [0.05, 0.1) is 38.6 Å². The largest absolute Gasteiger partial charge is 0.394 e.